The van der Waals surface area contributed by atoms with E-state index in [1.165, 1.54) is 6.92 Å². The Kier molecular flexibility index (Phi) is 8.44. The summed E-state index contributed by atoms with van der Waals surface area (Å²) in [7, 11) is 0. The second-order valence-corrected chi connectivity index (χ2v) is 5.69. The first-order chi connectivity index (χ1) is 8.87. The Morgan fingerprint density at radius 2 is 1.63 bits per heavy atom. The zero-order valence-electron chi connectivity index (χ0n) is 12.8. The lowest BCUT2D eigenvalue weighted by atomic mass is 9.73. The normalized spacial score (nSPS) is 15.6. The van der Waals surface area contributed by atoms with Crippen molar-refractivity contribution in [1.29, 1.82) is 0 Å². The number of hydrogen-bond acceptors (Lipinski definition) is 2. The van der Waals surface area contributed by atoms with Gasteiger partial charge in [-0.25, -0.2) is 4.79 Å². The molecule has 0 aliphatic rings. The zero-order valence-corrected chi connectivity index (χ0v) is 12.8. The van der Waals surface area contributed by atoms with Gasteiger partial charge in [0.15, 0.2) is 0 Å². The van der Waals surface area contributed by atoms with Crippen LogP contribution in [-0.2, 0) is 9.59 Å². The zero-order chi connectivity index (χ0) is 14.9. The largest absolute Gasteiger partial charge is 0.480 e. The van der Waals surface area contributed by atoms with E-state index in [0.29, 0.717) is 0 Å². The SMILES string of the molecule is CCCCCC(C)(CCCC)C(NC(C)=O)C(=O)O. The second kappa shape index (κ2) is 8.94. The molecule has 0 aliphatic heterocycles. The van der Waals surface area contributed by atoms with Crippen LogP contribution in [0.3, 0.4) is 0 Å². The molecule has 0 saturated heterocycles. The smallest absolute Gasteiger partial charge is 0.326 e. The summed E-state index contributed by atoms with van der Waals surface area (Å²) < 4.78 is 0. The maximum Gasteiger partial charge on any atom is 0.326 e. The summed E-state index contributed by atoms with van der Waals surface area (Å²) in [6.07, 6.45) is 6.94. The van der Waals surface area contributed by atoms with Crippen LogP contribution in [0, 0.1) is 5.41 Å². The van der Waals surface area contributed by atoms with Gasteiger partial charge in [-0.3, -0.25) is 4.79 Å². The first-order valence-electron chi connectivity index (χ1n) is 7.37. The van der Waals surface area contributed by atoms with Crippen LogP contribution in [0.2, 0.25) is 0 Å². The Bertz CT molecular complexity index is 291. The van der Waals surface area contributed by atoms with Gasteiger partial charge in [0.1, 0.15) is 6.04 Å². The Labute approximate surface area is 117 Å². The van der Waals surface area contributed by atoms with Gasteiger partial charge in [0.05, 0.1) is 0 Å². The molecule has 0 radical (unpaired) electrons. The summed E-state index contributed by atoms with van der Waals surface area (Å²) in [6, 6.07) is -0.784. The highest BCUT2D eigenvalue weighted by Gasteiger charge is 2.38. The summed E-state index contributed by atoms with van der Waals surface area (Å²) in [4.78, 5) is 22.7. The molecule has 0 bridgehead atoms. The van der Waals surface area contributed by atoms with Gasteiger partial charge in [0, 0.05) is 6.92 Å². The molecule has 0 aliphatic carbocycles. The lowest BCUT2D eigenvalue weighted by molar-refractivity contribution is -0.145. The minimum Gasteiger partial charge on any atom is -0.480 e. The van der Waals surface area contributed by atoms with E-state index in [4.69, 9.17) is 0 Å². The number of amides is 1. The van der Waals surface area contributed by atoms with Gasteiger partial charge < -0.3 is 10.4 Å². The fourth-order valence-corrected chi connectivity index (χ4v) is 2.51. The standard InChI is InChI=1S/C15H29NO3/c1-5-7-9-11-15(4,10-8-6-2)13(14(18)19)16-12(3)17/h13H,5-11H2,1-4H3,(H,16,17)(H,18,19). The molecule has 0 aromatic heterocycles. The molecule has 0 fully saturated rings. The molecule has 4 heteroatoms. The Morgan fingerprint density at radius 1 is 1.11 bits per heavy atom. The quantitative estimate of drug-likeness (QED) is 0.599. The van der Waals surface area contributed by atoms with E-state index in [2.05, 4.69) is 19.2 Å². The molecule has 2 unspecified atom stereocenters. The first-order valence-corrected chi connectivity index (χ1v) is 7.37. The predicted octanol–water partition coefficient (Wildman–Crippen LogP) is 3.35. The van der Waals surface area contributed by atoms with Gasteiger partial charge in [0.2, 0.25) is 5.91 Å². The maximum absolute atomic E-state index is 11.5. The number of carbonyl (C=O) groups is 2. The van der Waals surface area contributed by atoms with Crippen LogP contribution in [-0.4, -0.2) is 23.0 Å². The first kappa shape index (κ1) is 17.9. The molecular formula is C15H29NO3. The van der Waals surface area contributed by atoms with Crippen molar-refractivity contribution < 1.29 is 14.7 Å². The number of carbonyl (C=O) groups excluding carboxylic acids is 1. The molecule has 19 heavy (non-hydrogen) atoms. The van der Waals surface area contributed by atoms with Crippen molar-refractivity contribution in [3.05, 3.63) is 0 Å². The van der Waals surface area contributed by atoms with Crippen LogP contribution in [0.1, 0.15) is 72.6 Å². The number of carboxylic acid groups (broad SMARTS) is 1. The lowest BCUT2D eigenvalue weighted by Gasteiger charge is -2.36. The molecule has 0 spiro atoms. The van der Waals surface area contributed by atoms with Gasteiger partial charge in [-0.2, -0.15) is 0 Å². The molecule has 0 saturated carbocycles. The summed E-state index contributed by atoms with van der Waals surface area (Å²) in [6.45, 7) is 7.60. The molecule has 2 N–H and O–H groups in total. The van der Waals surface area contributed by atoms with Crippen molar-refractivity contribution in [2.75, 3.05) is 0 Å². The summed E-state index contributed by atoms with van der Waals surface area (Å²) in [5.74, 6) is -1.20. The van der Waals surface area contributed by atoms with E-state index in [1.807, 2.05) is 6.92 Å². The third-order valence-corrected chi connectivity index (χ3v) is 3.74. The van der Waals surface area contributed by atoms with Crippen molar-refractivity contribution in [3.8, 4) is 0 Å². The van der Waals surface area contributed by atoms with Gasteiger partial charge in [0.25, 0.3) is 0 Å². The number of nitrogens with one attached hydrogen (secondary N) is 1. The predicted molar refractivity (Wildman–Crippen MR) is 77.0 cm³/mol. The van der Waals surface area contributed by atoms with E-state index in [1.54, 1.807) is 0 Å². The minimum atomic E-state index is -0.926. The van der Waals surface area contributed by atoms with Crippen molar-refractivity contribution in [3.63, 3.8) is 0 Å². The fraction of sp³-hybridized carbons (Fsp3) is 0.867. The second-order valence-electron chi connectivity index (χ2n) is 5.69. The number of unbranched alkanes of at least 4 members (excludes halogenated alkanes) is 3. The molecule has 4 nitrogen and oxygen atoms in total. The highest BCUT2D eigenvalue weighted by molar-refractivity contribution is 5.82. The van der Waals surface area contributed by atoms with Gasteiger partial charge in [-0.15, -0.1) is 0 Å². The molecule has 0 heterocycles. The summed E-state index contributed by atoms with van der Waals surface area (Å²) >= 11 is 0. The van der Waals surface area contributed by atoms with Crippen molar-refractivity contribution in [2.45, 2.75) is 78.7 Å². The van der Waals surface area contributed by atoms with Crippen molar-refractivity contribution in [2.24, 2.45) is 5.41 Å². The van der Waals surface area contributed by atoms with Crippen molar-refractivity contribution >= 4 is 11.9 Å². The topological polar surface area (TPSA) is 66.4 Å². The highest BCUT2D eigenvalue weighted by Crippen LogP contribution is 2.35. The third-order valence-electron chi connectivity index (χ3n) is 3.74. The Balaban J connectivity index is 4.90. The Hall–Kier alpha value is -1.06. The molecule has 0 aromatic carbocycles. The van der Waals surface area contributed by atoms with E-state index < -0.39 is 12.0 Å². The number of carboxylic acids is 1. The van der Waals surface area contributed by atoms with E-state index in [-0.39, 0.29) is 11.3 Å². The van der Waals surface area contributed by atoms with Crippen LogP contribution in [0.5, 0.6) is 0 Å². The third kappa shape index (κ3) is 6.60. The summed E-state index contributed by atoms with van der Waals surface area (Å²) in [5.41, 5.74) is -0.358. The summed E-state index contributed by atoms with van der Waals surface area (Å²) in [5, 5.41) is 12.0. The number of hydrogen-bond donors (Lipinski definition) is 2. The van der Waals surface area contributed by atoms with Crippen LogP contribution < -0.4 is 5.32 Å². The van der Waals surface area contributed by atoms with Crippen molar-refractivity contribution in [1.82, 2.24) is 5.32 Å². The van der Waals surface area contributed by atoms with E-state index in [0.717, 1.165) is 44.9 Å². The maximum atomic E-state index is 11.5. The van der Waals surface area contributed by atoms with Gasteiger partial charge >= 0.3 is 5.97 Å². The van der Waals surface area contributed by atoms with E-state index >= 15 is 0 Å². The Morgan fingerprint density at radius 3 is 2.05 bits per heavy atom. The number of rotatable bonds is 10. The molecule has 0 aromatic rings. The van der Waals surface area contributed by atoms with Crippen LogP contribution >= 0.6 is 0 Å². The highest BCUT2D eigenvalue weighted by atomic mass is 16.4. The van der Waals surface area contributed by atoms with Crippen LogP contribution in [0.15, 0.2) is 0 Å². The van der Waals surface area contributed by atoms with Gasteiger partial charge in [-0.1, -0.05) is 52.9 Å². The fourth-order valence-electron chi connectivity index (χ4n) is 2.51. The molecule has 112 valence electrons. The van der Waals surface area contributed by atoms with Gasteiger partial charge in [-0.05, 0) is 18.3 Å². The number of aliphatic carboxylic acids is 1. The average Bonchev–Trinajstić information content (AvgIpc) is 2.33. The van der Waals surface area contributed by atoms with Crippen LogP contribution in [0.25, 0.3) is 0 Å². The molecular weight excluding hydrogens is 242 g/mol. The molecule has 2 atom stereocenters. The van der Waals surface area contributed by atoms with Crippen LogP contribution in [0.4, 0.5) is 0 Å². The molecule has 0 rings (SSSR count). The monoisotopic (exact) mass is 271 g/mol. The average molecular weight is 271 g/mol. The van der Waals surface area contributed by atoms with E-state index in [9.17, 15) is 14.7 Å². The molecule has 1 amide bonds. The minimum absolute atomic E-state index is 0.273. The lowest BCUT2D eigenvalue weighted by Crippen LogP contribution is -2.51.